The first-order valence-electron chi connectivity index (χ1n) is 7.12. The molecule has 1 aromatic rings. The van der Waals surface area contributed by atoms with Crippen molar-refractivity contribution in [3.8, 4) is 0 Å². The standard InChI is InChI=1S/C15H29N3/c1-7-16-13(11-15(4,5)6)10-14-9-12(3)17-18(14)8-2/h9,13,16H,7-8,10-11H2,1-6H3. The van der Waals surface area contributed by atoms with Crippen molar-refractivity contribution in [1.29, 1.82) is 0 Å². The highest BCUT2D eigenvalue weighted by atomic mass is 15.3. The first-order chi connectivity index (χ1) is 8.35. The molecule has 0 spiro atoms. The molecular weight excluding hydrogens is 222 g/mol. The van der Waals surface area contributed by atoms with Gasteiger partial charge in [0.05, 0.1) is 5.69 Å². The molecule has 0 fully saturated rings. The molecule has 1 rings (SSSR count). The van der Waals surface area contributed by atoms with Crippen LogP contribution in [-0.4, -0.2) is 22.4 Å². The van der Waals surface area contributed by atoms with Crippen LogP contribution in [0.25, 0.3) is 0 Å². The van der Waals surface area contributed by atoms with Crippen LogP contribution >= 0.6 is 0 Å². The zero-order valence-corrected chi connectivity index (χ0v) is 12.9. The van der Waals surface area contributed by atoms with Gasteiger partial charge in [0.2, 0.25) is 0 Å². The lowest BCUT2D eigenvalue weighted by Crippen LogP contribution is -2.35. The molecule has 0 aromatic carbocycles. The number of nitrogens with one attached hydrogen (secondary N) is 1. The van der Waals surface area contributed by atoms with Crippen molar-refractivity contribution in [3.05, 3.63) is 17.5 Å². The molecule has 0 aliphatic carbocycles. The molecule has 3 heteroatoms. The zero-order chi connectivity index (χ0) is 13.8. The number of hydrogen-bond donors (Lipinski definition) is 1. The van der Waals surface area contributed by atoms with Gasteiger partial charge in [-0.1, -0.05) is 27.7 Å². The van der Waals surface area contributed by atoms with Crippen LogP contribution in [0.2, 0.25) is 0 Å². The Hall–Kier alpha value is -0.830. The van der Waals surface area contributed by atoms with Crippen LogP contribution in [0.1, 0.15) is 52.4 Å². The van der Waals surface area contributed by atoms with Crippen molar-refractivity contribution in [2.75, 3.05) is 6.54 Å². The summed E-state index contributed by atoms with van der Waals surface area (Å²) in [7, 11) is 0. The lowest BCUT2D eigenvalue weighted by atomic mass is 9.86. The van der Waals surface area contributed by atoms with Gasteiger partial charge in [0.15, 0.2) is 0 Å². The lowest BCUT2D eigenvalue weighted by Gasteiger charge is -2.26. The topological polar surface area (TPSA) is 29.9 Å². The highest BCUT2D eigenvalue weighted by Crippen LogP contribution is 2.22. The molecule has 1 unspecified atom stereocenters. The zero-order valence-electron chi connectivity index (χ0n) is 12.9. The van der Waals surface area contributed by atoms with Gasteiger partial charge in [-0.25, -0.2) is 0 Å². The highest BCUT2D eigenvalue weighted by Gasteiger charge is 2.19. The van der Waals surface area contributed by atoms with E-state index in [1.54, 1.807) is 0 Å². The van der Waals surface area contributed by atoms with Gasteiger partial charge in [0, 0.05) is 24.7 Å². The number of hydrogen-bond acceptors (Lipinski definition) is 2. The van der Waals surface area contributed by atoms with Crippen LogP contribution < -0.4 is 5.32 Å². The van der Waals surface area contributed by atoms with Crippen molar-refractivity contribution in [1.82, 2.24) is 15.1 Å². The third-order valence-electron chi connectivity index (χ3n) is 3.09. The van der Waals surface area contributed by atoms with Gasteiger partial charge in [0.1, 0.15) is 0 Å². The van der Waals surface area contributed by atoms with Crippen molar-refractivity contribution in [3.63, 3.8) is 0 Å². The van der Waals surface area contributed by atoms with E-state index in [9.17, 15) is 0 Å². The summed E-state index contributed by atoms with van der Waals surface area (Å²) in [5.74, 6) is 0. The average Bonchev–Trinajstić information content (AvgIpc) is 2.56. The molecule has 0 aliphatic rings. The Balaban J connectivity index is 2.75. The fourth-order valence-corrected chi connectivity index (χ4v) is 2.53. The second-order valence-electron chi connectivity index (χ2n) is 6.32. The molecular formula is C15H29N3. The van der Waals surface area contributed by atoms with E-state index in [0.29, 0.717) is 11.5 Å². The Morgan fingerprint density at radius 1 is 1.33 bits per heavy atom. The third kappa shape index (κ3) is 4.81. The van der Waals surface area contributed by atoms with Gasteiger partial charge in [-0.15, -0.1) is 0 Å². The van der Waals surface area contributed by atoms with E-state index in [1.807, 2.05) is 0 Å². The Kier molecular flexibility index (Phi) is 5.39. The van der Waals surface area contributed by atoms with Gasteiger partial charge in [-0.2, -0.15) is 5.10 Å². The maximum absolute atomic E-state index is 4.53. The number of aryl methyl sites for hydroxylation is 2. The molecule has 18 heavy (non-hydrogen) atoms. The predicted octanol–water partition coefficient (Wildman–Crippen LogP) is 3.17. The predicted molar refractivity (Wildman–Crippen MR) is 77.9 cm³/mol. The van der Waals surface area contributed by atoms with E-state index in [0.717, 1.165) is 25.2 Å². The van der Waals surface area contributed by atoms with Gasteiger partial charge >= 0.3 is 0 Å². The molecule has 104 valence electrons. The minimum atomic E-state index is 0.360. The van der Waals surface area contributed by atoms with Crippen molar-refractivity contribution in [2.24, 2.45) is 5.41 Å². The molecule has 1 atom stereocenters. The first kappa shape index (κ1) is 15.2. The first-order valence-corrected chi connectivity index (χ1v) is 7.12. The van der Waals surface area contributed by atoms with Gasteiger partial charge < -0.3 is 5.32 Å². The second-order valence-corrected chi connectivity index (χ2v) is 6.32. The van der Waals surface area contributed by atoms with Crippen LogP contribution in [0.4, 0.5) is 0 Å². The summed E-state index contributed by atoms with van der Waals surface area (Å²) in [5.41, 5.74) is 2.84. The Morgan fingerprint density at radius 3 is 2.50 bits per heavy atom. The molecule has 1 heterocycles. The summed E-state index contributed by atoms with van der Waals surface area (Å²) < 4.78 is 2.13. The van der Waals surface area contributed by atoms with Gasteiger partial charge in [-0.05, 0) is 38.3 Å². The van der Waals surface area contributed by atoms with Gasteiger partial charge in [-0.3, -0.25) is 4.68 Å². The summed E-state index contributed by atoms with van der Waals surface area (Å²) in [4.78, 5) is 0. The van der Waals surface area contributed by atoms with Gasteiger partial charge in [0.25, 0.3) is 0 Å². The third-order valence-corrected chi connectivity index (χ3v) is 3.09. The van der Waals surface area contributed by atoms with E-state index in [1.165, 1.54) is 12.1 Å². The molecule has 0 bridgehead atoms. The maximum Gasteiger partial charge on any atom is 0.0596 e. The van der Waals surface area contributed by atoms with Crippen molar-refractivity contribution < 1.29 is 0 Å². The number of likely N-dealkylation sites (N-methyl/N-ethyl adjacent to an activating group) is 1. The minimum absolute atomic E-state index is 0.360. The Morgan fingerprint density at radius 2 is 2.00 bits per heavy atom. The number of aromatic nitrogens is 2. The van der Waals surface area contributed by atoms with Crippen LogP contribution in [0.5, 0.6) is 0 Å². The van der Waals surface area contributed by atoms with E-state index >= 15 is 0 Å². The summed E-state index contributed by atoms with van der Waals surface area (Å²) in [6, 6.07) is 2.76. The Bertz CT molecular complexity index is 360. The molecule has 3 nitrogen and oxygen atoms in total. The van der Waals surface area contributed by atoms with E-state index in [2.05, 4.69) is 62.7 Å². The number of nitrogens with zero attached hydrogens (tertiary/aromatic N) is 2. The fourth-order valence-electron chi connectivity index (χ4n) is 2.53. The Labute approximate surface area is 112 Å². The summed E-state index contributed by atoms with van der Waals surface area (Å²) in [5, 5.41) is 8.13. The molecule has 0 aliphatic heterocycles. The van der Waals surface area contributed by atoms with Crippen LogP contribution in [0.3, 0.4) is 0 Å². The molecule has 1 aromatic heterocycles. The highest BCUT2D eigenvalue weighted by molar-refractivity contribution is 5.10. The van der Waals surface area contributed by atoms with E-state index in [-0.39, 0.29) is 0 Å². The normalized spacial score (nSPS) is 13.9. The SMILES string of the molecule is CCNC(Cc1cc(C)nn1CC)CC(C)(C)C. The van der Waals surface area contributed by atoms with Crippen molar-refractivity contribution >= 4 is 0 Å². The molecule has 0 saturated heterocycles. The molecule has 0 saturated carbocycles. The smallest absolute Gasteiger partial charge is 0.0596 e. The van der Waals surface area contributed by atoms with Crippen molar-refractivity contribution in [2.45, 2.75) is 67.0 Å². The lowest BCUT2D eigenvalue weighted by molar-refractivity contribution is 0.306. The van der Waals surface area contributed by atoms with E-state index in [4.69, 9.17) is 0 Å². The van der Waals surface area contributed by atoms with E-state index < -0.39 is 0 Å². The minimum Gasteiger partial charge on any atom is -0.314 e. The molecule has 0 amide bonds. The quantitative estimate of drug-likeness (QED) is 0.841. The fraction of sp³-hybridized carbons (Fsp3) is 0.800. The molecule has 1 N–H and O–H groups in total. The van der Waals surface area contributed by atoms with Crippen LogP contribution in [0, 0.1) is 12.3 Å². The summed E-state index contributed by atoms with van der Waals surface area (Å²) in [6.45, 7) is 15.3. The molecule has 0 radical (unpaired) electrons. The number of rotatable bonds is 6. The average molecular weight is 251 g/mol. The van der Waals surface area contributed by atoms with Crippen LogP contribution in [0.15, 0.2) is 6.07 Å². The monoisotopic (exact) mass is 251 g/mol. The second kappa shape index (κ2) is 6.37. The van der Waals surface area contributed by atoms with Crippen LogP contribution in [-0.2, 0) is 13.0 Å². The summed E-state index contributed by atoms with van der Waals surface area (Å²) in [6.07, 6.45) is 2.26. The summed E-state index contributed by atoms with van der Waals surface area (Å²) >= 11 is 0. The maximum atomic E-state index is 4.53. The largest absolute Gasteiger partial charge is 0.314 e.